The summed E-state index contributed by atoms with van der Waals surface area (Å²) in [4.78, 5) is 0. The normalized spacial score (nSPS) is 25.3. The zero-order chi connectivity index (χ0) is 12.5. The number of hydrogen-bond donors (Lipinski definition) is 2. The predicted molar refractivity (Wildman–Crippen MR) is 62.6 cm³/mol. The van der Waals surface area contributed by atoms with Crippen molar-refractivity contribution in [2.45, 2.75) is 44.0 Å². The maximum Gasteiger partial charge on any atom is 0.217 e. The van der Waals surface area contributed by atoms with E-state index >= 15 is 0 Å². The Balaban J connectivity index is 1.99. The molecule has 7 heteroatoms. The van der Waals surface area contributed by atoms with Crippen molar-refractivity contribution in [1.29, 1.82) is 0 Å². The molecule has 0 amide bonds. The van der Waals surface area contributed by atoms with E-state index in [0.29, 0.717) is 11.5 Å². The zero-order valence-corrected chi connectivity index (χ0v) is 10.5. The molecule has 1 heterocycles. The molecule has 1 saturated carbocycles. The highest BCUT2D eigenvalue weighted by Gasteiger charge is 2.28. The minimum absolute atomic E-state index is 0.0798. The van der Waals surface area contributed by atoms with E-state index in [1.807, 2.05) is 0 Å². The van der Waals surface area contributed by atoms with Crippen LogP contribution in [0.1, 0.15) is 30.7 Å². The lowest BCUT2D eigenvalue weighted by Gasteiger charge is -2.16. The van der Waals surface area contributed by atoms with Crippen LogP contribution in [-0.4, -0.2) is 25.7 Å². The predicted octanol–water partition coefficient (Wildman–Crippen LogP) is 0.282. The molecule has 0 bridgehead atoms. The zero-order valence-electron chi connectivity index (χ0n) is 9.72. The first-order chi connectivity index (χ1) is 7.96. The molecule has 1 aromatic rings. The summed E-state index contributed by atoms with van der Waals surface area (Å²) < 4.78 is 31.2. The lowest BCUT2D eigenvalue weighted by atomic mass is 10.2. The lowest BCUT2D eigenvalue weighted by molar-refractivity contribution is 0.392. The van der Waals surface area contributed by atoms with Gasteiger partial charge in [-0.1, -0.05) is 11.6 Å². The van der Waals surface area contributed by atoms with Gasteiger partial charge in [-0.15, -0.1) is 0 Å². The van der Waals surface area contributed by atoms with Gasteiger partial charge in [0.2, 0.25) is 10.0 Å². The fourth-order valence-electron chi connectivity index (χ4n) is 2.09. The SMILES string of the molecule is Cc1cc(CS(=O)(=O)NC2CCCC2N)no1. The highest BCUT2D eigenvalue weighted by Crippen LogP contribution is 2.18. The van der Waals surface area contributed by atoms with Gasteiger partial charge >= 0.3 is 0 Å². The third-order valence-electron chi connectivity index (χ3n) is 2.92. The van der Waals surface area contributed by atoms with Gasteiger partial charge in [0.05, 0.1) is 0 Å². The van der Waals surface area contributed by atoms with E-state index in [1.165, 1.54) is 0 Å². The van der Waals surface area contributed by atoms with Crippen LogP contribution in [0.2, 0.25) is 0 Å². The molecule has 0 spiro atoms. The summed E-state index contributed by atoms with van der Waals surface area (Å²) >= 11 is 0. The molecule has 3 N–H and O–H groups in total. The second kappa shape index (κ2) is 4.75. The topological polar surface area (TPSA) is 98.2 Å². The van der Waals surface area contributed by atoms with E-state index in [9.17, 15) is 8.42 Å². The summed E-state index contributed by atoms with van der Waals surface area (Å²) in [6, 6.07) is 1.39. The van der Waals surface area contributed by atoms with E-state index in [-0.39, 0.29) is 17.8 Å². The highest BCUT2D eigenvalue weighted by molar-refractivity contribution is 7.88. The summed E-state index contributed by atoms with van der Waals surface area (Å²) in [7, 11) is -3.39. The van der Waals surface area contributed by atoms with Gasteiger partial charge in [0.25, 0.3) is 0 Å². The van der Waals surface area contributed by atoms with Crippen LogP contribution in [0.25, 0.3) is 0 Å². The molecule has 96 valence electrons. The van der Waals surface area contributed by atoms with Crippen molar-refractivity contribution in [1.82, 2.24) is 9.88 Å². The van der Waals surface area contributed by atoms with Crippen molar-refractivity contribution in [3.05, 3.63) is 17.5 Å². The van der Waals surface area contributed by atoms with Crippen molar-refractivity contribution in [3.8, 4) is 0 Å². The third-order valence-corrected chi connectivity index (χ3v) is 4.25. The van der Waals surface area contributed by atoms with Crippen LogP contribution < -0.4 is 10.5 Å². The van der Waals surface area contributed by atoms with Crippen molar-refractivity contribution >= 4 is 10.0 Å². The average Bonchev–Trinajstić information content (AvgIpc) is 2.76. The minimum atomic E-state index is -3.39. The molecule has 0 saturated heterocycles. The van der Waals surface area contributed by atoms with Crippen LogP contribution in [0.4, 0.5) is 0 Å². The van der Waals surface area contributed by atoms with Gasteiger partial charge < -0.3 is 10.3 Å². The first kappa shape index (κ1) is 12.5. The Labute approximate surface area is 101 Å². The second-order valence-electron chi connectivity index (χ2n) is 4.51. The van der Waals surface area contributed by atoms with Crippen LogP contribution in [0.3, 0.4) is 0 Å². The van der Waals surface area contributed by atoms with Gasteiger partial charge in [-0.2, -0.15) is 0 Å². The van der Waals surface area contributed by atoms with Gasteiger partial charge in [-0.3, -0.25) is 0 Å². The molecule has 0 aromatic carbocycles. The van der Waals surface area contributed by atoms with E-state index in [4.69, 9.17) is 10.3 Å². The Morgan fingerprint density at radius 3 is 2.88 bits per heavy atom. The number of aromatic nitrogens is 1. The molecule has 1 fully saturated rings. The summed E-state index contributed by atoms with van der Waals surface area (Å²) in [5.74, 6) is 0.445. The number of hydrogen-bond acceptors (Lipinski definition) is 5. The van der Waals surface area contributed by atoms with E-state index in [0.717, 1.165) is 19.3 Å². The number of sulfonamides is 1. The molecule has 1 aromatic heterocycles. The Hall–Kier alpha value is -0.920. The van der Waals surface area contributed by atoms with Gasteiger partial charge in [-0.25, -0.2) is 13.1 Å². The molecule has 1 aliphatic carbocycles. The maximum absolute atomic E-state index is 11.9. The molecule has 17 heavy (non-hydrogen) atoms. The monoisotopic (exact) mass is 259 g/mol. The number of aryl methyl sites for hydroxylation is 1. The van der Waals surface area contributed by atoms with Crippen LogP contribution in [0.15, 0.2) is 10.6 Å². The summed E-state index contributed by atoms with van der Waals surface area (Å²) in [5, 5.41) is 3.67. The van der Waals surface area contributed by atoms with Gasteiger partial charge in [0.15, 0.2) is 0 Å². The van der Waals surface area contributed by atoms with Crippen LogP contribution in [-0.2, 0) is 15.8 Å². The summed E-state index contributed by atoms with van der Waals surface area (Å²) in [5.41, 5.74) is 6.24. The molecule has 1 aliphatic rings. The van der Waals surface area contributed by atoms with Crippen LogP contribution in [0.5, 0.6) is 0 Å². The van der Waals surface area contributed by atoms with Crippen LogP contribution >= 0.6 is 0 Å². The maximum atomic E-state index is 11.9. The number of nitrogens with zero attached hydrogens (tertiary/aromatic N) is 1. The first-order valence-corrected chi connectivity index (χ1v) is 7.29. The Morgan fingerprint density at radius 1 is 1.59 bits per heavy atom. The smallest absolute Gasteiger partial charge is 0.217 e. The van der Waals surface area contributed by atoms with Gasteiger partial charge in [-0.05, 0) is 19.8 Å². The van der Waals surface area contributed by atoms with Gasteiger partial charge in [0, 0.05) is 18.2 Å². The molecule has 6 nitrogen and oxygen atoms in total. The Kier molecular flexibility index (Phi) is 3.50. The molecular formula is C10H17N3O3S. The molecule has 2 unspecified atom stereocenters. The average molecular weight is 259 g/mol. The first-order valence-electron chi connectivity index (χ1n) is 5.64. The van der Waals surface area contributed by atoms with E-state index in [2.05, 4.69) is 9.88 Å². The number of rotatable bonds is 4. The fraction of sp³-hybridized carbons (Fsp3) is 0.700. The van der Waals surface area contributed by atoms with Crippen LogP contribution in [0, 0.1) is 6.92 Å². The largest absolute Gasteiger partial charge is 0.361 e. The molecule has 2 atom stereocenters. The highest BCUT2D eigenvalue weighted by atomic mass is 32.2. The number of nitrogens with one attached hydrogen (secondary N) is 1. The Morgan fingerprint density at radius 2 is 2.35 bits per heavy atom. The molecule has 0 radical (unpaired) electrons. The minimum Gasteiger partial charge on any atom is -0.361 e. The van der Waals surface area contributed by atoms with Crippen molar-refractivity contribution in [2.75, 3.05) is 0 Å². The fourth-order valence-corrected chi connectivity index (χ4v) is 3.45. The number of nitrogens with two attached hydrogens (primary N) is 1. The van der Waals surface area contributed by atoms with Gasteiger partial charge in [0.1, 0.15) is 17.2 Å². The summed E-state index contributed by atoms with van der Waals surface area (Å²) in [6.07, 6.45) is 2.64. The second-order valence-corrected chi connectivity index (χ2v) is 6.26. The quantitative estimate of drug-likeness (QED) is 0.809. The Bertz CT molecular complexity index is 483. The van der Waals surface area contributed by atoms with Crippen molar-refractivity contribution in [2.24, 2.45) is 5.73 Å². The molecule has 0 aliphatic heterocycles. The van der Waals surface area contributed by atoms with E-state index < -0.39 is 10.0 Å². The molecular weight excluding hydrogens is 242 g/mol. The van der Waals surface area contributed by atoms with Crippen molar-refractivity contribution in [3.63, 3.8) is 0 Å². The van der Waals surface area contributed by atoms with E-state index in [1.54, 1.807) is 13.0 Å². The third kappa shape index (κ3) is 3.27. The molecule has 2 rings (SSSR count). The standard InChI is InChI=1S/C10H17N3O3S/c1-7-5-8(12-16-7)6-17(14,15)13-10-4-2-3-9(10)11/h5,9-10,13H,2-4,6,11H2,1H3. The lowest BCUT2D eigenvalue weighted by Crippen LogP contribution is -2.44. The summed E-state index contributed by atoms with van der Waals surface area (Å²) in [6.45, 7) is 1.73. The van der Waals surface area contributed by atoms with Crippen molar-refractivity contribution < 1.29 is 12.9 Å².